The highest BCUT2D eigenvalue weighted by molar-refractivity contribution is 7.07. The van der Waals surface area contributed by atoms with Crippen LogP contribution in [0.2, 0.25) is 12.1 Å². The number of benzene rings is 1. The van der Waals surface area contributed by atoms with Crippen molar-refractivity contribution < 1.29 is 0 Å². The van der Waals surface area contributed by atoms with Gasteiger partial charge in [-0.15, -0.1) is 0 Å². The van der Waals surface area contributed by atoms with Crippen LogP contribution in [0.5, 0.6) is 0 Å². The summed E-state index contributed by atoms with van der Waals surface area (Å²) in [5, 5.41) is 8.71. The summed E-state index contributed by atoms with van der Waals surface area (Å²) in [6, 6.07) is 12.7. The highest BCUT2D eigenvalue weighted by atomic mass is 35.6. The average molecular weight is 236 g/mol. The third-order valence-corrected chi connectivity index (χ3v) is 6.40. The van der Waals surface area contributed by atoms with Crippen LogP contribution in [0.15, 0.2) is 24.3 Å². The van der Waals surface area contributed by atoms with Gasteiger partial charge in [0.15, 0.2) is 0 Å². The van der Waals surface area contributed by atoms with Gasteiger partial charge in [0.25, 0.3) is 0 Å². The molecule has 1 nitrogen and oxygen atoms in total. The van der Waals surface area contributed by atoms with E-state index in [2.05, 4.69) is 18.2 Å². The smallest absolute Gasteiger partial charge is 0.141 e. The van der Waals surface area contributed by atoms with Crippen molar-refractivity contribution in [3.05, 3.63) is 35.4 Å². The summed E-state index contributed by atoms with van der Waals surface area (Å²) in [6.07, 6.45) is 2.48. The summed E-state index contributed by atoms with van der Waals surface area (Å²) in [4.78, 5) is 0. The van der Waals surface area contributed by atoms with Crippen molar-refractivity contribution in [3.63, 3.8) is 0 Å². The Hall–Kier alpha value is -0.783. The van der Waals surface area contributed by atoms with E-state index in [4.69, 9.17) is 16.3 Å². The summed E-state index contributed by atoms with van der Waals surface area (Å²) in [5.41, 5.74) is 2.13. The largest absolute Gasteiger partial charge is 0.192 e. The molecule has 0 saturated carbocycles. The fourth-order valence-electron chi connectivity index (χ4n) is 2.22. The number of nitriles is 1. The van der Waals surface area contributed by atoms with Crippen molar-refractivity contribution in [2.24, 2.45) is 0 Å². The molecule has 2 rings (SSSR count). The van der Waals surface area contributed by atoms with Gasteiger partial charge in [-0.05, 0) is 48.5 Å². The molecule has 1 aliphatic heterocycles. The monoisotopic (exact) mass is 235 g/mol. The molecule has 0 aromatic heterocycles. The first-order valence-electron chi connectivity index (χ1n) is 5.43. The maximum absolute atomic E-state index is 8.71. The molecule has 3 heteroatoms. The summed E-state index contributed by atoms with van der Waals surface area (Å²) < 4.78 is 0. The molecule has 0 N–H and O–H groups in total. The van der Waals surface area contributed by atoms with Gasteiger partial charge in [0, 0.05) is 0 Å². The van der Waals surface area contributed by atoms with Gasteiger partial charge in [-0.3, -0.25) is 0 Å². The maximum Gasteiger partial charge on any atom is 0.141 e. The molecule has 1 aromatic rings. The van der Waals surface area contributed by atoms with Gasteiger partial charge in [-0.25, -0.2) is 0 Å². The van der Waals surface area contributed by atoms with Crippen molar-refractivity contribution in [3.8, 4) is 6.07 Å². The van der Waals surface area contributed by atoms with Gasteiger partial charge in [0.1, 0.15) is 8.11 Å². The van der Waals surface area contributed by atoms with Gasteiger partial charge < -0.3 is 0 Å². The molecular formula is C12H14ClNSi. The molecule has 1 fully saturated rings. The molecule has 0 radical (unpaired) electrons. The van der Waals surface area contributed by atoms with Crippen molar-refractivity contribution >= 4 is 19.2 Å². The van der Waals surface area contributed by atoms with E-state index in [-0.39, 0.29) is 0 Å². The Morgan fingerprint density at radius 2 is 1.80 bits per heavy atom. The average Bonchev–Trinajstić information content (AvgIpc) is 2.30. The van der Waals surface area contributed by atoms with Crippen LogP contribution in [-0.2, 0) is 0 Å². The minimum Gasteiger partial charge on any atom is -0.192 e. The Morgan fingerprint density at radius 3 is 2.33 bits per heavy atom. The first-order chi connectivity index (χ1) is 7.29. The molecule has 78 valence electrons. The van der Waals surface area contributed by atoms with Crippen LogP contribution in [-0.4, -0.2) is 8.11 Å². The number of halogens is 1. The molecular weight excluding hydrogens is 222 g/mol. The first kappa shape index (κ1) is 10.7. The Morgan fingerprint density at radius 1 is 1.20 bits per heavy atom. The van der Waals surface area contributed by atoms with Crippen molar-refractivity contribution in [1.29, 1.82) is 5.26 Å². The van der Waals surface area contributed by atoms with Crippen LogP contribution in [0.3, 0.4) is 0 Å². The Labute approximate surface area is 97.0 Å². The molecule has 0 spiro atoms. The normalized spacial score (nSPS) is 25.9. The zero-order valence-corrected chi connectivity index (χ0v) is 10.5. The summed E-state index contributed by atoms with van der Waals surface area (Å²) in [7, 11) is -0.853. The predicted octanol–water partition coefficient (Wildman–Crippen LogP) is 3.40. The van der Waals surface area contributed by atoms with E-state index >= 15 is 0 Å². The molecule has 0 bridgehead atoms. The van der Waals surface area contributed by atoms with Crippen molar-refractivity contribution in [1.82, 2.24) is 0 Å². The van der Waals surface area contributed by atoms with Gasteiger partial charge in [0.05, 0.1) is 11.6 Å². The number of nitrogens with zero attached hydrogens (tertiary/aromatic N) is 1. The zero-order valence-electron chi connectivity index (χ0n) is 8.62. The molecule has 1 aromatic carbocycles. The molecule has 1 aliphatic rings. The fraction of sp³-hybridized carbons (Fsp3) is 0.417. The molecule has 1 saturated heterocycles. The molecule has 0 amide bonds. The molecule has 0 aliphatic carbocycles. The Balaban J connectivity index is 2.07. The van der Waals surface area contributed by atoms with Crippen LogP contribution in [0.1, 0.15) is 29.9 Å². The van der Waals surface area contributed by atoms with Crippen molar-refractivity contribution in [2.75, 3.05) is 0 Å². The summed E-state index contributed by atoms with van der Waals surface area (Å²) >= 11 is 6.21. The Bertz CT molecular complexity index is 360. The SMILES string of the molecule is N#Cc1ccc(C2CC[SiH](Cl)CC2)cc1. The highest BCUT2D eigenvalue weighted by Gasteiger charge is 2.21. The third-order valence-electron chi connectivity index (χ3n) is 3.17. The van der Waals surface area contributed by atoms with Gasteiger partial charge in [-0.2, -0.15) is 16.3 Å². The van der Waals surface area contributed by atoms with Crippen LogP contribution in [0.4, 0.5) is 0 Å². The lowest BCUT2D eigenvalue weighted by Gasteiger charge is -2.24. The van der Waals surface area contributed by atoms with E-state index in [0.717, 1.165) is 5.56 Å². The lowest BCUT2D eigenvalue weighted by Crippen LogP contribution is -2.14. The van der Waals surface area contributed by atoms with E-state index in [9.17, 15) is 0 Å². The summed E-state index contributed by atoms with van der Waals surface area (Å²) in [5.74, 6) is 0.681. The zero-order chi connectivity index (χ0) is 10.7. The van der Waals surface area contributed by atoms with Crippen molar-refractivity contribution in [2.45, 2.75) is 30.8 Å². The maximum atomic E-state index is 8.71. The van der Waals surface area contributed by atoms with Crippen LogP contribution in [0.25, 0.3) is 0 Å². The minimum atomic E-state index is -0.853. The van der Waals surface area contributed by atoms with Crippen LogP contribution >= 0.6 is 11.1 Å². The van der Waals surface area contributed by atoms with E-state index in [0.29, 0.717) is 5.92 Å². The number of rotatable bonds is 1. The van der Waals surface area contributed by atoms with Crippen LogP contribution in [0, 0.1) is 11.3 Å². The van der Waals surface area contributed by atoms with Gasteiger partial charge >= 0.3 is 0 Å². The number of hydrogen-bond acceptors (Lipinski definition) is 1. The van der Waals surface area contributed by atoms with E-state index < -0.39 is 8.11 Å². The topological polar surface area (TPSA) is 23.8 Å². The molecule has 0 atom stereocenters. The quantitative estimate of drug-likeness (QED) is 0.541. The molecule has 1 heterocycles. The lowest BCUT2D eigenvalue weighted by atomic mass is 9.93. The second-order valence-electron chi connectivity index (χ2n) is 4.18. The van der Waals surface area contributed by atoms with E-state index in [1.807, 2.05) is 12.1 Å². The number of hydrogen-bond donors (Lipinski definition) is 0. The van der Waals surface area contributed by atoms with E-state index in [1.54, 1.807) is 0 Å². The molecule has 15 heavy (non-hydrogen) atoms. The van der Waals surface area contributed by atoms with Gasteiger partial charge in [0.2, 0.25) is 0 Å². The van der Waals surface area contributed by atoms with E-state index in [1.165, 1.54) is 30.5 Å². The summed E-state index contributed by atoms with van der Waals surface area (Å²) in [6.45, 7) is 0. The second-order valence-corrected chi connectivity index (χ2v) is 8.38. The minimum absolute atomic E-state index is 0.681. The van der Waals surface area contributed by atoms with Gasteiger partial charge in [-0.1, -0.05) is 12.1 Å². The molecule has 0 unspecified atom stereocenters. The van der Waals surface area contributed by atoms with Crippen LogP contribution < -0.4 is 0 Å². The third kappa shape index (κ3) is 2.62. The fourth-order valence-corrected chi connectivity index (χ4v) is 4.79. The Kier molecular flexibility index (Phi) is 3.45. The second kappa shape index (κ2) is 4.83. The highest BCUT2D eigenvalue weighted by Crippen LogP contribution is 2.34. The lowest BCUT2D eigenvalue weighted by molar-refractivity contribution is 0.613. The predicted molar refractivity (Wildman–Crippen MR) is 65.7 cm³/mol. The standard InChI is InChI=1S/C12H14ClNSi/c13-15-7-5-12(6-8-15)11-3-1-10(9-14)2-4-11/h1-4,12,15H,5-8H2. The first-order valence-corrected chi connectivity index (χ1v) is 8.81.